The summed E-state index contributed by atoms with van der Waals surface area (Å²) in [6, 6.07) is 8.05. The molecule has 21 heavy (non-hydrogen) atoms. The lowest BCUT2D eigenvalue weighted by Gasteiger charge is -2.40. The van der Waals surface area contributed by atoms with Crippen LogP contribution in [0.4, 0.5) is 5.69 Å². The van der Waals surface area contributed by atoms with E-state index in [9.17, 15) is 5.11 Å². The van der Waals surface area contributed by atoms with Gasteiger partial charge in [0.25, 0.3) is 0 Å². The van der Waals surface area contributed by atoms with E-state index >= 15 is 0 Å². The number of aliphatic hydroxyl groups is 1. The number of anilines is 1. The molecule has 4 nitrogen and oxygen atoms in total. The second-order valence-electron chi connectivity index (χ2n) is 6.20. The van der Waals surface area contributed by atoms with E-state index in [0.717, 1.165) is 50.8 Å². The molecule has 2 fully saturated rings. The van der Waals surface area contributed by atoms with Crippen LogP contribution in [-0.2, 0) is 4.74 Å². The average molecular weight is 311 g/mol. The zero-order valence-electron chi connectivity index (χ0n) is 12.3. The van der Waals surface area contributed by atoms with Crippen molar-refractivity contribution in [1.82, 2.24) is 4.90 Å². The fourth-order valence-electron chi connectivity index (χ4n) is 3.24. The van der Waals surface area contributed by atoms with Gasteiger partial charge in [0.15, 0.2) is 0 Å². The number of ether oxygens (including phenoxy) is 1. The third-order valence-corrected chi connectivity index (χ3v) is 4.90. The van der Waals surface area contributed by atoms with Crippen LogP contribution in [0.15, 0.2) is 24.3 Å². The van der Waals surface area contributed by atoms with Crippen LogP contribution in [0, 0.1) is 5.41 Å². The van der Waals surface area contributed by atoms with Crippen molar-refractivity contribution in [3.63, 3.8) is 0 Å². The van der Waals surface area contributed by atoms with Crippen molar-refractivity contribution in [1.29, 1.82) is 0 Å². The normalized spacial score (nSPS) is 27.2. The van der Waals surface area contributed by atoms with Crippen molar-refractivity contribution in [2.75, 3.05) is 57.4 Å². The number of piperazine rings is 1. The number of benzene rings is 1. The van der Waals surface area contributed by atoms with Gasteiger partial charge in [-0.05, 0) is 30.7 Å². The van der Waals surface area contributed by atoms with E-state index in [1.807, 2.05) is 12.1 Å². The number of hydrogen-bond acceptors (Lipinski definition) is 4. The number of hydrogen-bond donors (Lipinski definition) is 1. The van der Waals surface area contributed by atoms with Gasteiger partial charge in [0.05, 0.1) is 13.2 Å². The Kier molecular flexibility index (Phi) is 4.69. The maximum absolute atomic E-state index is 9.67. The van der Waals surface area contributed by atoms with E-state index in [0.29, 0.717) is 6.61 Å². The van der Waals surface area contributed by atoms with Gasteiger partial charge in [-0.2, -0.15) is 0 Å². The van der Waals surface area contributed by atoms with Crippen LogP contribution >= 0.6 is 11.6 Å². The lowest BCUT2D eigenvalue weighted by molar-refractivity contribution is 0.0549. The number of aliphatic hydroxyl groups excluding tert-OH is 1. The summed E-state index contributed by atoms with van der Waals surface area (Å²) in [6.45, 7) is 6.75. The molecule has 2 aliphatic rings. The Morgan fingerprint density at radius 1 is 1.14 bits per heavy atom. The van der Waals surface area contributed by atoms with Crippen LogP contribution in [0.2, 0.25) is 5.02 Å². The predicted octanol–water partition coefficient (Wildman–Crippen LogP) is 1.86. The van der Waals surface area contributed by atoms with Crippen LogP contribution in [0.25, 0.3) is 0 Å². The smallest absolute Gasteiger partial charge is 0.0557 e. The summed E-state index contributed by atoms with van der Waals surface area (Å²) in [5.41, 5.74) is 1.20. The zero-order valence-corrected chi connectivity index (χ0v) is 13.1. The summed E-state index contributed by atoms with van der Waals surface area (Å²) < 4.78 is 5.48. The van der Waals surface area contributed by atoms with Crippen LogP contribution in [0.3, 0.4) is 0 Å². The fourth-order valence-corrected chi connectivity index (χ4v) is 3.37. The molecule has 1 N–H and O–H groups in total. The maximum atomic E-state index is 9.67. The highest BCUT2D eigenvalue weighted by molar-refractivity contribution is 6.30. The SMILES string of the molecule is OCC1(CN2CCN(c3ccc(Cl)cc3)CC2)CCOC1. The monoisotopic (exact) mass is 310 g/mol. The summed E-state index contributed by atoms with van der Waals surface area (Å²) >= 11 is 5.94. The third-order valence-electron chi connectivity index (χ3n) is 4.64. The molecule has 3 rings (SSSR count). The van der Waals surface area contributed by atoms with Crippen LogP contribution in [0.1, 0.15) is 6.42 Å². The Labute approximate surface area is 131 Å². The van der Waals surface area contributed by atoms with E-state index in [2.05, 4.69) is 21.9 Å². The van der Waals surface area contributed by atoms with Gasteiger partial charge >= 0.3 is 0 Å². The molecule has 1 unspecified atom stereocenters. The van der Waals surface area contributed by atoms with Gasteiger partial charge in [0.2, 0.25) is 0 Å². The van der Waals surface area contributed by atoms with Crippen molar-refractivity contribution < 1.29 is 9.84 Å². The molecule has 0 saturated carbocycles. The molecule has 0 radical (unpaired) electrons. The second-order valence-corrected chi connectivity index (χ2v) is 6.64. The topological polar surface area (TPSA) is 35.9 Å². The lowest BCUT2D eigenvalue weighted by Crippen LogP contribution is -2.51. The van der Waals surface area contributed by atoms with Gasteiger partial charge in [-0.1, -0.05) is 11.6 Å². The van der Waals surface area contributed by atoms with Crippen molar-refractivity contribution in [3.05, 3.63) is 29.3 Å². The molecule has 0 aliphatic carbocycles. The maximum Gasteiger partial charge on any atom is 0.0557 e. The predicted molar refractivity (Wildman–Crippen MR) is 85.1 cm³/mol. The van der Waals surface area contributed by atoms with Crippen LogP contribution in [0.5, 0.6) is 0 Å². The zero-order chi connectivity index (χ0) is 14.7. The van der Waals surface area contributed by atoms with Gasteiger partial charge in [0, 0.05) is 55.5 Å². The van der Waals surface area contributed by atoms with E-state index in [1.54, 1.807) is 0 Å². The summed E-state index contributed by atoms with van der Waals surface area (Å²) in [5.74, 6) is 0. The van der Waals surface area contributed by atoms with Gasteiger partial charge in [-0.3, -0.25) is 4.90 Å². The molecule has 0 spiro atoms. The first-order valence-electron chi connectivity index (χ1n) is 7.62. The molecule has 2 aliphatic heterocycles. The highest BCUT2D eigenvalue weighted by Gasteiger charge is 2.36. The number of halogens is 1. The minimum atomic E-state index is -0.0392. The standard InChI is InChI=1S/C16H23ClN2O2/c17-14-1-3-15(4-2-14)19-8-6-18(7-9-19)11-16(12-20)5-10-21-13-16/h1-4,20H,5-13H2. The first kappa shape index (κ1) is 15.1. The average Bonchev–Trinajstić information content (AvgIpc) is 2.98. The molecule has 5 heteroatoms. The van der Waals surface area contributed by atoms with Crippen molar-refractivity contribution in [3.8, 4) is 0 Å². The molecular weight excluding hydrogens is 288 g/mol. The van der Waals surface area contributed by atoms with Crippen molar-refractivity contribution >= 4 is 17.3 Å². The second kappa shape index (κ2) is 6.53. The molecule has 116 valence electrons. The van der Waals surface area contributed by atoms with Gasteiger partial charge in [-0.15, -0.1) is 0 Å². The molecule has 0 bridgehead atoms. The molecule has 0 aromatic heterocycles. The summed E-state index contributed by atoms with van der Waals surface area (Å²) in [7, 11) is 0. The number of nitrogens with zero attached hydrogens (tertiary/aromatic N) is 2. The van der Waals surface area contributed by atoms with E-state index < -0.39 is 0 Å². The number of rotatable bonds is 4. The summed E-state index contributed by atoms with van der Waals surface area (Å²) in [4.78, 5) is 4.85. The van der Waals surface area contributed by atoms with Gasteiger partial charge in [0.1, 0.15) is 0 Å². The summed E-state index contributed by atoms with van der Waals surface area (Å²) in [5, 5.41) is 10.5. The van der Waals surface area contributed by atoms with Crippen molar-refractivity contribution in [2.24, 2.45) is 5.41 Å². The van der Waals surface area contributed by atoms with Gasteiger partial charge in [-0.25, -0.2) is 0 Å². The molecule has 1 atom stereocenters. The van der Waals surface area contributed by atoms with Crippen LogP contribution < -0.4 is 4.90 Å². The Morgan fingerprint density at radius 3 is 2.43 bits per heavy atom. The highest BCUT2D eigenvalue weighted by Crippen LogP contribution is 2.30. The Morgan fingerprint density at radius 2 is 1.86 bits per heavy atom. The van der Waals surface area contributed by atoms with E-state index in [1.165, 1.54) is 5.69 Å². The fraction of sp³-hybridized carbons (Fsp3) is 0.625. The third kappa shape index (κ3) is 3.51. The highest BCUT2D eigenvalue weighted by atomic mass is 35.5. The molecule has 2 saturated heterocycles. The molecule has 2 heterocycles. The Hall–Kier alpha value is -0.810. The van der Waals surface area contributed by atoms with Crippen LogP contribution in [-0.4, -0.2) is 62.6 Å². The first-order valence-corrected chi connectivity index (χ1v) is 8.00. The Bertz CT molecular complexity index is 452. The largest absolute Gasteiger partial charge is 0.396 e. The van der Waals surface area contributed by atoms with E-state index in [4.69, 9.17) is 16.3 Å². The molecular formula is C16H23ClN2O2. The first-order chi connectivity index (χ1) is 10.2. The summed E-state index contributed by atoms with van der Waals surface area (Å²) in [6.07, 6.45) is 0.973. The Balaban J connectivity index is 1.54. The minimum Gasteiger partial charge on any atom is -0.396 e. The quantitative estimate of drug-likeness (QED) is 0.921. The van der Waals surface area contributed by atoms with Crippen molar-refractivity contribution in [2.45, 2.75) is 6.42 Å². The molecule has 1 aromatic carbocycles. The molecule has 0 amide bonds. The molecule has 1 aromatic rings. The van der Waals surface area contributed by atoms with Gasteiger partial charge < -0.3 is 14.7 Å². The minimum absolute atomic E-state index is 0.0392. The lowest BCUT2D eigenvalue weighted by atomic mass is 9.87. The van der Waals surface area contributed by atoms with E-state index in [-0.39, 0.29) is 12.0 Å².